The fourth-order valence-electron chi connectivity index (χ4n) is 3.40. The molecule has 1 amide bonds. The number of fused-ring (bicyclic) bond motifs is 1. The van der Waals surface area contributed by atoms with Gasteiger partial charge in [0.25, 0.3) is 0 Å². The lowest BCUT2D eigenvalue weighted by Gasteiger charge is -2.33. The summed E-state index contributed by atoms with van der Waals surface area (Å²) < 4.78 is 12.4. The number of methoxy groups -OCH3 is 2. The van der Waals surface area contributed by atoms with Gasteiger partial charge in [0.2, 0.25) is 5.91 Å². The first-order valence-corrected chi connectivity index (χ1v) is 8.52. The fraction of sp³-hybridized carbons (Fsp3) is 0.474. The molecular formula is C19H25N3O3. The van der Waals surface area contributed by atoms with E-state index >= 15 is 0 Å². The van der Waals surface area contributed by atoms with Crippen molar-refractivity contribution in [3.05, 3.63) is 47.3 Å². The van der Waals surface area contributed by atoms with E-state index in [1.807, 2.05) is 47.1 Å². The molecule has 0 saturated heterocycles. The molecule has 134 valence electrons. The largest absolute Gasteiger partial charge is 0.497 e. The zero-order valence-electron chi connectivity index (χ0n) is 15.1. The average Bonchev–Trinajstić information content (AvgIpc) is 3.01. The maximum absolute atomic E-state index is 12.7. The van der Waals surface area contributed by atoms with E-state index in [2.05, 4.69) is 5.10 Å². The lowest BCUT2D eigenvalue weighted by atomic mass is 9.95. The van der Waals surface area contributed by atoms with Gasteiger partial charge >= 0.3 is 0 Å². The first-order chi connectivity index (χ1) is 12.1. The van der Waals surface area contributed by atoms with Crippen LogP contribution in [0.15, 0.2) is 30.5 Å². The van der Waals surface area contributed by atoms with Gasteiger partial charge in [-0.05, 0) is 24.1 Å². The number of aromatic nitrogens is 2. The van der Waals surface area contributed by atoms with Crippen LogP contribution in [0.2, 0.25) is 0 Å². The normalized spacial score (nSPS) is 16.6. The summed E-state index contributed by atoms with van der Waals surface area (Å²) in [6, 6.07) is 7.88. The van der Waals surface area contributed by atoms with Gasteiger partial charge in [0.1, 0.15) is 5.75 Å². The molecule has 2 heterocycles. The second-order valence-corrected chi connectivity index (χ2v) is 6.45. The lowest BCUT2D eigenvalue weighted by molar-refractivity contribution is -0.132. The van der Waals surface area contributed by atoms with Crippen molar-refractivity contribution in [1.29, 1.82) is 0 Å². The van der Waals surface area contributed by atoms with E-state index in [0.717, 1.165) is 17.0 Å². The second kappa shape index (κ2) is 7.70. The Morgan fingerprint density at radius 3 is 2.96 bits per heavy atom. The van der Waals surface area contributed by atoms with Crippen LogP contribution in [0.25, 0.3) is 0 Å². The van der Waals surface area contributed by atoms with Gasteiger partial charge in [-0.3, -0.25) is 9.48 Å². The summed E-state index contributed by atoms with van der Waals surface area (Å²) in [5.74, 6) is 1.17. The number of amides is 1. The highest BCUT2D eigenvalue weighted by Gasteiger charge is 2.30. The fourth-order valence-corrected chi connectivity index (χ4v) is 3.40. The van der Waals surface area contributed by atoms with Gasteiger partial charge in [-0.25, -0.2) is 0 Å². The van der Waals surface area contributed by atoms with Gasteiger partial charge in [0.15, 0.2) is 0 Å². The Morgan fingerprint density at radius 1 is 1.36 bits per heavy atom. The summed E-state index contributed by atoms with van der Waals surface area (Å²) in [5.41, 5.74) is 3.41. The Hall–Kier alpha value is -2.34. The first kappa shape index (κ1) is 17.5. The third-order valence-electron chi connectivity index (χ3n) is 4.80. The van der Waals surface area contributed by atoms with E-state index in [-0.39, 0.29) is 11.8 Å². The summed E-state index contributed by atoms with van der Waals surface area (Å²) >= 11 is 0. The quantitative estimate of drug-likeness (QED) is 0.806. The van der Waals surface area contributed by atoms with Gasteiger partial charge in [-0.1, -0.05) is 12.1 Å². The summed E-state index contributed by atoms with van der Waals surface area (Å²) in [6.07, 6.45) is 3.09. The molecule has 6 heteroatoms. The minimum atomic E-state index is 0.163. The average molecular weight is 343 g/mol. The van der Waals surface area contributed by atoms with Gasteiger partial charge < -0.3 is 14.4 Å². The minimum Gasteiger partial charge on any atom is -0.497 e. The van der Waals surface area contributed by atoms with Crippen LogP contribution in [0.1, 0.15) is 29.2 Å². The highest BCUT2D eigenvalue weighted by Crippen LogP contribution is 2.28. The van der Waals surface area contributed by atoms with Crippen LogP contribution in [0.3, 0.4) is 0 Å². The molecule has 1 unspecified atom stereocenters. The molecular weight excluding hydrogens is 318 g/mol. The van der Waals surface area contributed by atoms with E-state index in [1.54, 1.807) is 14.2 Å². The number of carbonyl (C=O) groups excluding carboxylic acids is 1. The van der Waals surface area contributed by atoms with E-state index in [0.29, 0.717) is 32.5 Å². The molecule has 0 bridgehead atoms. The molecule has 6 nitrogen and oxygen atoms in total. The maximum Gasteiger partial charge on any atom is 0.223 e. The molecule has 1 atom stereocenters. The Kier molecular flexibility index (Phi) is 5.38. The Bertz CT molecular complexity index is 741. The van der Waals surface area contributed by atoms with Crippen molar-refractivity contribution in [1.82, 2.24) is 14.7 Å². The van der Waals surface area contributed by atoms with Gasteiger partial charge in [-0.2, -0.15) is 5.10 Å². The van der Waals surface area contributed by atoms with Crippen molar-refractivity contribution in [2.24, 2.45) is 7.05 Å². The molecule has 0 fully saturated rings. The molecule has 0 saturated carbocycles. The molecule has 1 aliphatic heterocycles. The summed E-state index contributed by atoms with van der Waals surface area (Å²) in [6.45, 7) is 1.89. The topological polar surface area (TPSA) is 56.6 Å². The van der Waals surface area contributed by atoms with Crippen LogP contribution in [0, 0.1) is 0 Å². The van der Waals surface area contributed by atoms with Crippen LogP contribution in [-0.4, -0.2) is 48.0 Å². The van der Waals surface area contributed by atoms with E-state index < -0.39 is 0 Å². The minimum absolute atomic E-state index is 0.163. The Balaban J connectivity index is 1.67. The molecule has 0 radical (unpaired) electrons. The molecule has 0 spiro atoms. The number of benzene rings is 1. The molecule has 1 aliphatic rings. The summed E-state index contributed by atoms with van der Waals surface area (Å²) in [5, 5.41) is 4.35. The van der Waals surface area contributed by atoms with Crippen LogP contribution < -0.4 is 4.74 Å². The van der Waals surface area contributed by atoms with Crippen molar-refractivity contribution in [3.8, 4) is 5.75 Å². The zero-order chi connectivity index (χ0) is 17.8. The van der Waals surface area contributed by atoms with Crippen LogP contribution >= 0.6 is 0 Å². The highest BCUT2D eigenvalue weighted by molar-refractivity contribution is 5.77. The molecule has 25 heavy (non-hydrogen) atoms. The van der Waals surface area contributed by atoms with Crippen LogP contribution in [0.4, 0.5) is 0 Å². The Labute approximate surface area is 148 Å². The second-order valence-electron chi connectivity index (χ2n) is 6.45. The van der Waals surface area contributed by atoms with E-state index in [9.17, 15) is 4.79 Å². The molecule has 3 rings (SSSR count). The van der Waals surface area contributed by atoms with Crippen molar-refractivity contribution in [2.75, 3.05) is 27.4 Å². The predicted molar refractivity (Wildman–Crippen MR) is 94.6 cm³/mol. The van der Waals surface area contributed by atoms with Gasteiger partial charge in [-0.15, -0.1) is 0 Å². The summed E-state index contributed by atoms with van der Waals surface area (Å²) in [7, 11) is 5.27. The summed E-state index contributed by atoms with van der Waals surface area (Å²) in [4.78, 5) is 14.7. The number of ether oxygens (including phenoxy) is 2. The number of hydrogen-bond donors (Lipinski definition) is 0. The molecule has 1 aromatic carbocycles. The van der Waals surface area contributed by atoms with Crippen LogP contribution in [0.5, 0.6) is 5.75 Å². The third kappa shape index (κ3) is 3.85. The van der Waals surface area contributed by atoms with Crippen LogP contribution in [-0.2, 0) is 29.5 Å². The van der Waals surface area contributed by atoms with Crippen molar-refractivity contribution < 1.29 is 14.3 Å². The van der Waals surface area contributed by atoms with Crippen molar-refractivity contribution >= 4 is 5.91 Å². The molecule has 0 aliphatic carbocycles. The molecule has 0 N–H and O–H groups in total. The maximum atomic E-state index is 12.7. The predicted octanol–water partition coefficient (Wildman–Crippen LogP) is 2.13. The smallest absolute Gasteiger partial charge is 0.223 e. The number of carbonyl (C=O) groups is 1. The number of rotatable bonds is 6. The van der Waals surface area contributed by atoms with Crippen molar-refractivity contribution in [2.45, 2.75) is 25.3 Å². The standard InChI is InChI=1S/C19H25N3O3/c1-21-18-12-22(11-15(13-24-2)17(18)10-20-21)19(23)8-7-14-5-4-6-16(9-14)25-3/h4-6,9-10,15H,7-8,11-13H2,1-3H3. The van der Waals surface area contributed by atoms with Crippen molar-refractivity contribution in [3.63, 3.8) is 0 Å². The first-order valence-electron chi connectivity index (χ1n) is 8.52. The SMILES string of the molecule is COCC1CN(C(=O)CCc2cccc(OC)c2)Cc2c1cnn2C. The Morgan fingerprint density at radius 2 is 2.20 bits per heavy atom. The number of hydrogen-bond acceptors (Lipinski definition) is 4. The van der Waals surface area contributed by atoms with E-state index in [1.165, 1.54) is 5.56 Å². The number of nitrogens with zero attached hydrogens (tertiary/aromatic N) is 3. The molecule has 1 aromatic heterocycles. The zero-order valence-corrected chi connectivity index (χ0v) is 15.1. The molecule has 2 aromatic rings. The van der Waals surface area contributed by atoms with E-state index in [4.69, 9.17) is 9.47 Å². The third-order valence-corrected chi connectivity index (χ3v) is 4.80. The van der Waals surface area contributed by atoms with Gasteiger partial charge in [0.05, 0.1) is 32.2 Å². The van der Waals surface area contributed by atoms with Gasteiger partial charge in [0, 0.05) is 38.6 Å². The number of aryl methyl sites for hydroxylation is 2. The monoisotopic (exact) mass is 343 g/mol. The lowest BCUT2D eigenvalue weighted by Crippen LogP contribution is -2.40. The highest BCUT2D eigenvalue weighted by atomic mass is 16.5.